The largest absolute Gasteiger partial charge is 0.493 e. The predicted octanol–water partition coefficient (Wildman–Crippen LogP) is 6.66. The molecule has 1 saturated heterocycles. The van der Waals surface area contributed by atoms with Crippen LogP contribution in [0, 0.1) is 34.6 Å². The molecule has 0 unspecified atom stereocenters. The Morgan fingerprint density at radius 2 is 1.66 bits per heavy atom. The van der Waals surface area contributed by atoms with Crippen LogP contribution in [-0.2, 0) is 9.59 Å². The Labute approximate surface area is 233 Å². The summed E-state index contributed by atoms with van der Waals surface area (Å²) in [6, 6.07) is 15.2. The first-order valence-electron chi connectivity index (χ1n) is 12.1. The molecule has 2 amide bonds. The van der Waals surface area contributed by atoms with Gasteiger partial charge in [-0.25, -0.2) is 0 Å². The van der Waals surface area contributed by atoms with Crippen molar-refractivity contribution in [1.29, 1.82) is 0 Å². The van der Waals surface area contributed by atoms with Gasteiger partial charge < -0.3 is 14.8 Å². The van der Waals surface area contributed by atoms with Crippen LogP contribution < -0.4 is 19.7 Å². The zero-order valence-corrected chi connectivity index (χ0v) is 23.9. The Morgan fingerprint density at radius 1 is 0.947 bits per heavy atom. The highest BCUT2D eigenvalue weighted by molar-refractivity contribution is 8.27. The summed E-state index contributed by atoms with van der Waals surface area (Å²) in [6.07, 6.45) is 1.78. The second-order valence-electron chi connectivity index (χ2n) is 9.31. The van der Waals surface area contributed by atoms with Gasteiger partial charge in [-0.05, 0) is 92.8 Å². The maximum absolute atomic E-state index is 13.2. The summed E-state index contributed by atoms with van der Waals surface area (Å²) in [7, 11) is 1.53. The average Bonchev–Trinajstić information content (AvgIpc) is 3.14. The molecule has 0 atom stereocenters. The molecule has 0 aliphatic carbocycles. The molecule has 0 saturated carbocycles. The molecule has 4 rings (SSSR count). The lowest BCUT2D eigenvalue weighted by Gasteiger charge is -2.16. The lowest BCUT2D eigenvalue weighted by atomic mass is 10.1. The predicted molar refractivity (Wildman–Crippen MR) is 159 cm³/mol. The number of thiocarbonyl (C=S) groups is 1. The van der Waals surface area contributed by atoms with Crippen molar-refractivity contribution in [3.63, 3.8) is 0 Å². The van der Waals surface area contributed by atoms with E-state index in [-0.39, 0.29) is 18.4 Å². The van der Waals surface area contributed by atoms with Crippen LogP contribution in [-0.4, -0.2) is 29.9 Å². The van der Waals surface area contributed by atoms with Crippen molar-refractivity contribution in [3.05, 3.63) is 86.8 Å². The highest BCUT2D eigenvalue weighted by Gasteiger charge is 2.33. The maximum Gasteiger partial charge on any atom is 0.270 e. The SMILES string of the molecule is COc1cc(/C=C2\SC(=S)N(c3ccc(C)c(C)c3)C2=O)ccc1OCC(=O)Nc1c(C)cc(C)cc1C. The van der Waals surface area contributed by atoms with Gasteiger partial charge in [0.15, 0.2) is 22.4 Å². The number of hydrogen-bond donors (Lipinski definition) is 1. The van der Waals surface area contributed by atoms with Gasteiger partial charge in [0.05, 0.1) is 17.7 Å². The number of ether oxygens (including phenoxy) is 2. The molecule has 0 spiro atoms. The molecule has 38 heavy (non-hydrogen) atoms. The monoisotopic (exact) mass is 546 g/mol. The summed E-state index contributed by atoms with van der Waals surface area (Å²) in [5, 5.41) is 2.93. The zero-order chi connectivity index (χ0) is 27.6. The normalized spacial score (nSPS) is 14.3. The van der Waals surface area contributed by atoms with E-state index in [1.165, 1.54) is 18.9 Å². The van der Waals surface area contributed by atoms with Gasteiger partial charge >= 0.3 is 0 Å². The van der Waals surface area contributed by atoms with Crippen LogP contribution in [0.15, 0.2) is 53.4 Å². The van der Waals surface area contributed by atoms with Gasteiger partial charge in [-0.1, -0.05) is 53.8 Å². The second kappa shape index (κ2) is 11.4. The van der Waals surface area contributed by atoms with Gasteiger partial charge in [0, 0.05) is 5.69 Å². The highest BCUT2D eigenvalue weighted by Crippen LogP contribution is 2.37. The van der Waals surface area contributed by atoms with Crippen LogP contribution in [0.5, 0.6) is 11.5 Å². The lowest BCUT2D eigenvalue weighted by molar-refractivity contribution is -0.118. The number of nitrogens with zero attached hydrogens (tertiary/aromatic N) is 1. The average molecular weight is 547 g/mol. The number of thioether (sulfide) groups is 1. The molecular weight excluding hydrogens is 516 g/mol. The second-order valence-corrected chi connectivity index (χ2v) is 11.0. The van der Waals surface area contributed by atoms with Crippen molar-refractivity contribution >= 4 is 57.6 Å². The summed E-state index contributed by atoms with van der Waals surface area (Å²) in [6.45, 7) is 9.83. The fourth-order valence-electron chi connectivity index (χ4n) is 4.30. The van der Waals surface area contributed by atoms with Gasteiger partial charge in [0.1, 0.15) is 0 Å². The molecule has 1 N–H and O–H groups in total. The maximum atomic E-state index is 13.2. The number of hydrogen-bond acceptors (Lipinski definition) is 6. The molecule has 1 aliphatic rings. The van der Waals surface area contributed by atoms with Crippen LogP contribution in [0.2, 0.25) is 0 Å². The van der Waals surface area contributed by atoms with Gasteiger partial charge in [-0.15, -0.1) is 0 Å². The Kier molecular flexibility index (Phi) is 8.23. The molecule has 1 aliphatic heterocycles. The molecule has 1 heterocycles. The first kappa shape index (κ1) is 27.4. The van der Waals surface area contributed by atoms with Crippen LogP contribution in [0.25, 0.3) is 6.08 Å². The number of aryl methyl sites for hydroxylation is 5. The van der Waals surface area contributed by atoms with Crippen molar-refractivity contribution in [1.82, 2.24) is 0 Å². The third kappa shape index (κ3) is 5.92. The molecule has 8 heteroatoms. The summed E-state index contributed by atoms with van der Waals surface area (Å²) < 4.78 is 11.8. The van der Waals surface area contributed by atoms with E-state index >= 15 is 0 Å². The molecule has 0 radical (unpaired) electrons. The van der Waals surface area contributed by atoms with Crippen molar-refractivity contribution in [3.8, 4) is 11.5 Å². The molecule has 196 valence electrons. The van der Waals surface area contributed by atoms with Crippen LogP contribution in [0.1, 0.15) is 33.4 Å². The smallest absolute Gasteiger partial charge is 0.270 e. The van der Waals surface area contributed by atoms with E-state index in [0.29, 0.717) is 20.7 Å². The highest BCUT2D eigenvalue weighted by atomic mass is 32.2. The molecular formula is C30H30N2O4S2. The number of carbonyl (C=O) groups is 2. The van der Waals surface area contributed by atoms with Crippen molar-refractivity contribution in [2.75, 3.05) is 23.9 Å². The Bertz CT molecular complexity index is 1460. The van der Waals surface area contributed by atoms with E-state index in [2.05, 4.69) is 5.32 Å². The first-order chi connectivity index (χ1) is 18.1. The van der Waals surface area contributed by atoms with Gasteiger partial charge in [-0.3, -0.25) is 14.5 Å². The summed E-state index contributed by atoms with van der Waals surface area (Å²) in [4.78, 5) is 27.8. The molecule has 0 aromatic heterocycles. The number of methoxy groups -OCH3 is 1. The van der Waals surface area contributed by atoms with Crippen molar-refractivity contribution in [2.24, 2.45) is 0 Å². The van der Waals surface area contributed by atoms with Crippen LogP contribution in [0.3, 0.4) is 0 Å². The zero-order valence-electron chi connectivity index (χ0n) is 22.3. The first-order valence-corrected chi connectivity index (χ1v) is 13.3. The molecule has 3 aromatic carbocycles. The molecule has 3 aromatic rings. The topological polar surface area (TPSA) is 67.9 Å². The standard InChI is InChI=1S/C30H30N2O4S2/c1-17-11-20(4)28(21(5)12-17)31-27(33)16-36-24-10-8-22(14-25(24)35-6)15-26-29(34)32(30(37)38-26)23-9-7-18(2)19(3)13-23/h7-15H,16H2,1-6H3,(H,31,33)/b26-15-. The molecule has 0 bridgehead atoms. The minimum atomic E-state index is -0.263. The number of nitrogens with one attached hydrogen (secondary N) is 1. The third-order valence-corrected chi connectivity index (χ3v) is 7.63. The fraction of sp³-hybridized carbons (Fsp3) is 0.233. The number of benzene rings is 3. The van der Waals surface area contributed by atoms with E-state index in [4.69, 9.17) is 21.7 Å². The summed E-state index contributed by atoms with van der Waals surface area (Å²) >= 11 is 6.77. The summed E-state index contributed by atoms with van der Waals surface area (Å²) in [5.41, 5.74) is 7.71. The number of carbonyl (C=O) groups excluding carboxylic acids is 2. The van der Waals surface area contributed by atoms with E-state index < -0.39 is 0 Å². The number of anilines is 2. The number of rotatable bonds is 7. The lowest BCUT2D eigenvalue weighted by Crippen LogP contribution is -2.27. The Morgan fingerprint density at radius 3 is 2.32 bits per heavy atom. The van der Waals surface area contributed by atoms with Crippen LogP contribution >= 0.6 is 24.0 Å². The summed E-state index contributed by atoms with van der Waals surface area (Å²) in [5.74, 6) is 0.459. The molecule has 1 fully saturated rings. The number of amides is 2. The quantitative estimate of drug-likeness (QED) is 0.264. The van der Waals surface area contributed by atoms with Crippen LogP contribution in [0.4, 0.5) is 11.4 Å². The Balaban J connectivity index is 1.47. The van der Waals surface area contributed by atoms with Gasteiger partial charge in [-0.2, -0.15) is 0 Å². The van der Waals surface area contributed by atoms with Gasteiger partial charge in [0.2, 0.25) is 0 Å². The Hall–Kier alpha value is -3.62. The van der Waals surface area contributed by atoms with E-state index in [1.54, 1.807) is 23.1 Å². The van der Waals surface area contributed by atoms with Crippen molar-refractivity contribution < 1.29 is 19.1 Å². The minimum Gasteiger partial charge on any atom is -0.493 e. The minimum absolute atomic E-state index is 0.166. The van der Waals surface area contributed by atoms with E-state index in [0.717, 1.165) is 44.8 Å². The van der Waals surface area contributed by atoms with Gasteiger partial charge in [0.25, 0.3) is 11.8 Å². The van der Waals surface area contributed by atoms with E-state index in [9.17, 15) is 9.59 Å². The third-order valence-electron chi connectivity index (χ3n) is 6.33. The van der Waals surface area contributed by atoms with Crippen molar-refractivity contribution in [2.45, 2.75) is 34.6 Å². The van der Waals surface area contributed by atoms with E-state index in [1.807, 2.05) is 71.0 Å². The fourth-order valence-corrected chi connectivity index (χ4v) is 5.59. The molecule has 6 nitrogen and oxygen atoms in total.